The second-order valence-electron chi connectivity index (χ2n) is 5.69. The average Bonchev–Trinajstić information content (AvgIpc) is 3.17. The Kier molecular flexibility index (Phi) is 4.33. The van der Waals surface area contributed by atoms with Crippen molar-refractivity contribution in [1.29, 1.82) is 0 Å². The van der Waals surface area contributed by atoms with Gasteiger partial charge >= 0.3 is 0 Å². The van der Waals surface area contributed by atoms with E-state index in [1.54, 1.807) is 24.5 Å². The van der Waals surface area contributed by atoms with Gasteiger partial charge < -0.3 is 10.5 Å². The maximum absolute atomic E-state index is 13.7. The van der Waals surface area contributed by atoms with E-state index in [0.29, 0.717) is 22.3 Å². The quantitative estimate of drug-likeness (QED) is 0.574. The fraction of sp³-hybridized carbons (Fsp3) is 0.0556. The number of nitrogen functional groups attached to an aromatic ring is 1. The van der Waals surface area contributed by atoms with Crippen molar-refractivity contribution in [1.82, 2.24) is 19.7 Å². The summed E-state index contributed by atoms with van der Waals surface area (Å²) in [7, 11) is 0. The van der Waals surface area contributed by atoms with E-state index in [2.05, 4.69) is 15.1 Å². The van der Waals surface area contributed by atoms with Crippen LogP contribution in [0, 0.1) is 11.6 Å². The number of nitrogens with two attached hydrogens (primary N) is 1. The molecule has 0 aliphatic heterocycles. The fourth-order valence-electron chi connectivity index (χ4n) is 2.60. The highest BCUT2D eigenvalue weighted by Crippen LogP contribution is 2.29. The number of ether oxygens (including phenoxy) is 1. The molecule has 0 saturated carbocycles. The van der Waals surface area contributed by atoms with Crippen LogP contribution in [0.5, 0.6) is 5.75 Å². The molecule has 27 heavy (non-hydrogen) atoms. The van der Waals surface area contributed by atoms with Crippen LogP contribution in [0.4, 0.5) is 14.6 Å². The molecule has 9 heteroatoms. The number of aromatic nitrogens is 4. The van der Waals surface area contributed by atoms with Crippen LogP contribution in [-0.2, 0) is 6.61 Å². The Morgan fingerprint density at radius 1 is 1.19 bits per heavy atom. The van der Waals surface area contributed by atoms with Gasteiger partial charge in [0.15, 0.2) is 11.6 Å². The van der Waals surface area contributed by atoms with Crippen LogP contribution < -0.4 is 10.5 Å². The first-order valence-corrected chi connectivity index (χ1v) is 8.21. The van der Waals surface area contributed by atoms with Gasteiger partial charge in [0.2, 0.25) is 0 Å². The second kappa shape index (κ2) is 6.81. The van der Waals surface area contributed by atoms with Crippen molar-refractivity contribution in [2.45, 2.75) is 6.61 Å². The van der Waals surface area contributed by atoms with E-state index in [-0.39, 0.29) is 23.2 Å². The predicted molar refractivity (Wildman–Crippen MR) is 96.8 cm³/mol. The number of hydrogen-bond donors (Lipinski definition) is 1. The van der Waals surface area contributed by atoms with Gasteiger partial charge in [-0.15, -0.1) is 0 Å². The van der Waals surface area contributed by atoms with Gasteiger partial charge in [0.1, 0.15) is 23.9 Å². The van der Waals surface area contributed by atoms with E-state index in [9.17, 15) is 8.78 Å². The average molecular weight is 388 g/mol. The van der Waals surface area contributed by atoms with Crippen LogP contribution in [-0.4, -0.2) is 19.7 Å². The Morgan fingerprint density at radius 2 is 2.04 bits per heavy atom. The minimum atomic E-state index is -0.567. The van der Waals surface area contributed by atoms with Gasteiger partial charge in [0.05, 0.1) is 22.4 Å². The molecule has 0 spiro atoms. The first kappa shape index (κ1) is 17.2. The maximum Gasteiger partial charge on any atom is 0.166 e. The number of nitrogens with zero attached hydrogens (tertiary/aromatic N) is 4. The normalized spacial score (nSPS) is 11.1. The zero-order valence-electron chi connectivity index (χ0n) is 13.7. The van der Waals surface area contributed by atoms with E-state index in [1.165, 1.54) is 22.9 Å². The lowest BCUT2D eigenvalue weighted by atomic mass is 10.2. The molecule has 6 nitrogen and oxygen atoms in total. The first-order valence-electron chi connectivity index (χ1n) is 7.84. The Bertz CT molecular complexity index is 1130. The molecule has 136 valence electrons. The summed E-state index contributed by atoms with van der Waals surface area (Å²) in [5, 5.41) is 4.53. The fourth-order valence-corrected chi connectivity index (χ4v) is 2.76. The van der Waals surface area contributed by atoms with Crippen LogP contribution >= 0.6 is 11.6 Å². The lowest BCUT2D eigenvalue weighted by Crippen LogP contribution is -2.08. The van der Waals surface area contributed by atoms with Crippen LogP contribution in [0.15, 0.2) is 48.9 Å². The summed E-state index contributed by atoms with van der Waals surface area (Å²) in [5.74, 6) is -0.693. The van der Waals surface area contributed by atoms with Crippen LogP contribution in [0.25, 0.3) is 16.6 Å². The number of benzene rings is 1. The van der Waals surface area contributed by atoms with Crippen molar-refractivity contribution in [2.75, 3.05) is 5.73 Å². The first-order chi connectivity index (χ1) is 13.0. The second-order valence-corrected chi connectivity index (χ2v) is 6.10. The summed E-state index contributed by atoms with van der Waals surface area (Å²) in [6.45, 7) is -0.0110. The summed E-state index contributed by atoms with van der Waals surface area (Å²) in [5.41, 5.74) is 7.25. The van der Waals surface area contributed by atoms with Crippen LogP contribution in [0.1, 0.15) is 5.69 Å². The molecular formula is C18H12ClF2N5O. The lowest BCUT2D eigenvalue weighted by molar-refractivity contribution is 0.301. The van der Waals surface area contributed by atoms with E-state index < -0.39 is 11.6 Å². The molecule has 0 saturated heterocycles. The van der Waals surface area contributed by atoms with Gasteiger partial charge in [-0.05, 0) is 24.3 Å². The van der Waals surface area contributed by atoms with E-state index in [4.69, 9.17) is 22.1 Å². The lowest BCUT2D eigenvalue weighted by Gasteiger charge is -2.12. The molecular weight excluding hydrogens is 376 g/mol. The molecule has 1 aromatic carbocycles. The molecule has 3 heterocycles. The molecule has 0 amide bonds. The zero-order valence-corrected chi connectivity index (χ0v) is 14.5. The third-order valence-corrected chi connectivity index (χ3v) is 4.17. The number of fused-ring (bicyclic) bond motifs is 1. The molecule has 4 rings (SSSR count). The maximum atomic E-state index is 13.7. The largest absolute Gasteiger partial charge is 0.483 e. The number of halogens is 3. The van der Waals surface area contributed by atoms with Crippen LogP contribution in [0.2, 0.25) is 5.02 Å². The number of anilines is 1. The van der Waals surface area contributed by atoms with Gasteiger partial charge in [-0.3, -0.25) is 4.98 Å². The highest BCUT2D eigenvalue weighted by atomic mass is 35.5. The number of rotatable bonds is 4. The van der Waals surface area contributed by atoms with Crippen molar-refractivity contribution >= 4 is 28.3 Å². The smallest absolute Gasteiger partial charge is 0.166 e. The van der Waals surface area contributed by atoms with E-state index in [1.807, 2.05) is 0 Å². The summed E-state index contributed by atoms with van der Waals surface area (Å²) in [4.78, 5) is 8.25. The summed E-state index contributed by atoms with van der Waals surface area (Å²) < 4.78 is 34.5. The Labute approximate surface area is 157 Å². The van der Waals surface area contributed by atoms with E-state index >= 15 is 0 Å². The summed E-state index contributed by atoms with van der Waals surface area (Å²) >= 11 is 5.77. The Hall–Kier alpha value is -3.26. The number of pyridine rings is 2. The summed E-state index contributed by atoms with van der Waals surface area (Å²) in [6.07, 6.45) is 4.32. The minimum Gasteiger partial charge on any atom is -0.483 e. The molecule has 0 aliphatic carbocycles. The molecule has 2 N–H and O–H groups in total. The monoisotopic (exact) mass is 387 g/mol. The molecule has 4 aromatic rings. The predicted octanol–water partition coefficient (Wildman–Crippen LogP) is 3.91. The molecule has 0 radical (unpaired) electrons. The Morgan fingerprint density at radius 3 is 2.81 bits per heavy atom. The van der Waals surface area contributed by atoms with Crippen molar-refractivity contribution in [3.8, 4) is 11.4 Å². The van der Waals surface area contributed by atoms with Gasteiger partial charge in [0.25, 0.3) is 0 Å². The van der Waals surface area contributed by atoms with Crippen molar-refractivity contribution in [2.24, 2.45) is 0 Å². The molecule has 0 atom stereocenters. The van der Waals surface area contributed by atoms with Crippen molar-refractivity contribution < 1.29 is 13.5 Å². The third-order valence-electron chi connectivity index (χ3n) is 3.88. The number of hydrogen-bond acceptors (Lipinski definition) is 5. The molecule has 0 unspecified atom stereocenters. The molecule has 3 aromatic heterocycles. The highest BCUT2D eigenvalue weighted by molar-refractivity contribution is 6.31. The van der Waals surface area contributed by atoms with Gasteiger partial charge in [-0.1, -0.05) is 11.6 Å². The topological polar surface area (TPSA) is 78.9 Å². The summed E-state index contributed by atoms with van der Waals surface area (Å²) in [6, 6.07) is 7.22. The van der Waals surface area contributed by atoms with Crippen molar-refractivity contribution in [3.63, 3.8) is 0 Å². The van der Waals surface area contributed by atoms with Gasteiger partial charge in [-0.2, -0.15) is 5.10 Å². The van der Waals surface area contributed by atoms with Crippen molar-refractivity contribution in [3.05, 3.63) is 71.3 Å². The third kappa shape index (κ3) is 3.39. The van der Waals surface area contributed by atoms with E-state index in [0.717, 1.165) is 6.20 Å². The van der Waals surface area contributed by atoms with Crippen LogP contribution in [0.3, 0.4) is 0 Å². The molecule has 0 fully saturated rings. The highest BCUT2D eigenvalue weighted by Gasteiger charge is 2.13. The molecule has 0 aliphatic rings. The standard InChI is InChI=1S/C18H12ClF2N5O/c19-12-7-14-10(4-13(12)21)5-17(18(22)25-14)27-9-15-16(6-11(20)8-23-15)26-3-1-2-24-26/h1-8H,9H2,(H2,22,25). The SMILES string of the molecule is Nc1nc2cc(Cl)c(F)cc2cc1OCc1ncc(F)cc1-n1cccn1. The molecule has 0 bridgehead atoms. The van der Waals surface area contributed by atoms with Gasteiger partial charge in [0, 0.05) is 23.8 Å². The van der Waals surface area contributed by atoms with Gasteiger partial charge in [-0.25, -0.2) is 18.4 Å². The zero-order chi connectivity index (χ0) is 19.0. The Balaban J connectivity index is 1.66. The minimum absolute atomic E-state index is 0.0110.